The van der Waals surface area contributed by atoms with Crippen LogP contribution in [0.5, 0.6) is 0 Å². The fourth-order valence-electron chi connectivity index (χ4n) is 5.92. The second-order valence-electron chi connectivity index (χ2n) is 12.6. The zero-order chi connectivity index (χ0) is 29.8. The van der Waals surface area contributed by atoms with E-state index in [-0.39, 0.29) is 18.2 Å². The summed E-state index contributed by atoms with van der Waals surface area (Å²) in [7, 11) is -4.04. The quantitative estimate of drug-likeness (QED) is 0.421. The molecule has 4 aliphatic rings. The van der Waals surface area contributed by atoms with Gasteiger partial charge in [-0.2, -0.15) is 12.7 Å². The lowest BCUT2D eigenvalue weighted by molar-refractivity contribution is -0.141. The molecule has 230 valence electrons. The minimum Gasteiger partial charge on any atom is -0.444 e. The van der Waals surface area contributed by atoms with Crippen LogP contribution >= 0.6 is 0 Å². The molecule has 4 atom stereocenters. The van der Waals surface area contributed by atoms with Crippen molar-refractivity contribution in [3.63, 3.8) is 0 Å². The van der Waals surface area contributed by atoms with Crippen LogP contribution < -0.4 is 15.4 Å². The van der Waals surface area contributed by atoms with E-state index < -0.39 is 51.3 Å². The Balaban J connectivity index is 1.53. The van der Waals surface area contributed by atoms with Gasteiger partial charge in [0.1, 0.15) is 23.2 Å². The molecule has 3 heterocycles. The van der Waals surface area contributed by atoms with Gasteiger partial charge in [-0.05, 0) is 72.1 Å². The van der Waals surface area contributed by atoms with Gasteiger partial charge in [0, 0.05) is 25.6 Å². The van der Waals surface area contributed by atoms with E-state index in [1.165, 1.54) is 9.21 Å². The molecule has 1 saturated carbocycles. The smallest absolute Gasteiger partial charge is 0.408 e. The van der Waals surface area contributed by atoms with Crippen LogP contribution in [0.25, 0.3) is 0 Å². The average molecular weight is 596 g/mol. The van der Waals surface area contributed by atoms with Gasteiger partial charge in [0.25, 0.3) is 5.91 Å². The van der Waals surface area contributed by atoms with Gasteiger partial charge in [-0.25, -0.2) is 9.52 Å². The molecule has 1 unspecified atom stereocenters. The standard InChI is InChI=1S/C28H45N5O7S/c1-27(2,3)40-26(37)29-21-14-9-6-4-5-8-13-20-19-28(20,30-23(34)22-15-12-18-33(22)24(21)35)25(36)31-41(38,39)32-16-10-7-11-17-32/h8,13,20-22H,4-7,9-12,14-19H2,1-3H3,(H,29,37)(H,30,34)(H,31,36)/b13-8-/t20-,21?,22-,28+/m0/s1. The number of hydrogen-bond acceptors (Lipinski definition) is 7. The molecule has 3 fully saturated rings. The second kappa shape index (κ2) is 12.7. The van der Waals surface area contributed by atoms with Crippen molar-refractivity contribution in [3.8, 4) is 0 Å². The molecule has 2 saturated heterocycles. The molecule has 3 aliphatic heterocycles. The minimum absolute atomic E-state index is 0.278. The Hall–Kier alpha value is -2.67. The molecule has 12 nitrogen and oxygen atoms in total. The molecule has 4 amide bonds. The first-order chi connectivity index (χ1) is 19.3. The first-order valence-corrected chi connectivity index (χ1v) is 16.4. The number of piperidine rings is 1. The predicted octanol–water partition coefficient (Wildman–Crippen LogP) is 2.11. The molecule has 0 bridgehead atoms. The predicted molar refractivity (Wildman–Crippen MR) is 152 cm³/mol. The number of ether oxygens (including phenoxy) is 1. The van der Waals surface area contributed by atoms with E-state index in [2.05, 4.69) is 15.4 Å². The summed E-state index contributed by atoms with van der Waals surface area (Å²) >= 11 is 0. The van der Waals surface area contributed by atoms with Crippen LogP contribution in [0.15, 0.2) is 12.2 Å². The van der Waals surface area contributed by atoms with Crippen molar-refractivity contribution in [2.24, 2.45) is 5.92 Å². The lowest BCUT2D eigenvalue weighted by Crippen LogP contribution is -2.59. The summed E-state index contributed by atoms with van der Waals surface area (Å²) in [6, 6.07) is -1.68. The van der Waals surface area contributed by atoms with Gasteiger partial charge >= 0.3 is 16.3 Å². The molecule has 0 aromatic heterocycles. The first-order valence-electron chi connectivity index (χ1n) is 14.9. The highest BCUT2D eigenvalue weighted by atomic mass is 32.2. The Bertz CT molecular complexity index is 1140. The molecule has 3 N–H and O–H groups in total. The molecular formula is C28H45N5O7S. The maximum atomic E-state index is 13.7. The fraction of sp³-hybridized carbons (Fsp3) is 0.786. The number of carbonyl (C=O) groups excluding carboxylic acids is 4. The molecular weight excluding hydrogens is 550 g/mol. The topological polar surface area (TPSA) is 154 Å². The number of alkyl carbamates (subject to hydrolysis) is 1. The average Bonchev–Trinajstić information content (AvgIpc) is 3.36. The summed E-state index contributed by atoms with van der Waals surface area (Å²) in [4.78, 5) is 54.8. The Morgan fingerprint density at radius 3 is 2.41 bits per heavy atom. The number of nitrogens with zero attached hydrogens (tertiary/aromatic N) is 2. The maximum Gasteiger partial charge on any atom is 0.408 e. The van der Waals surface area contributed by atoms with Crippen LogP contribution in [0.2, 0.25) is 0 Å². The molecule has 0 aromatic carbocycles. The zero-order valence-corrected chi connectivity index (χ0v) is 25.3. The highest BCUT2D eigenvalue weighted by Gasteiger charge is 2.61. The van der Waals surface area contributed by atoms with Crippen LogP contribution in [-0.4, -0.2) is 84.3 Å². The second-order valence-corrected chi connectivity index (χ2v) is 14.3. The Morgan fingerprint density at radius 2 is 1.71 bits per heavy atom. The van der Waals surface area contributed by atoms with Gasteiger partial charge in [-0.15, -0.1) is 0 Å². The van der Waals surface area contributed by atoms with Gasteiger partial charge in [0.05, 0.1) is 0 Å². The van der Waals surface area contributed by atoms with Crippen LogP contribution in [0.1, 0.15) is 91.4 Å². The molecule has 0 spiro atoms. The molecule has 1 aliphatic carbocycles. The van der Waals surface area contributed by atoms with E-state index in [1.54, 1.807) is 20.8 Å². The number of allylic oxidation sites excluding steroid dienone is 1. The Morgan fingerprint density at radius 1 is 1.00 bits per heavy atom. The number of carbonyl (C=O) groups is 4. The maximum absolute atomic E-state index is 13.7. The number of nitrogens with one attached hydrogen (secondary N) is 3. The zero-order valence-electron chi connectivity index (χ0n) is 24.4. The third-order valence-electron chi connectivity index (χ3n) is 8.20. The SMILES string of the molecule is CC(C)(C)OC(=O)NC1CCCCC/C=C\[C@H]2C[C@@]2(C(=O)NS(=O)(=O)N2CCCCC2)NC(=O)[C@@H]2CCCN2C1=O. The highest BCUT2D eigenvalue weighted by molar-refractivity contribution is 7.87. The third kappa shape index (κ3) is 7.79. The molecule has 4 rings (SSSR count). The summed E-state index contributed by atoms with van der Waals surface area (Å²) < 4.78 is 34.9. The van der Waals surface area contributed by atoms with E-state index >= 15 is 0 Å². The van der Waals surface area contributed by atoms with Crippen molar-refractivity contribution >= 4 is 34.0 Å². The van der Waals surface area contributed by atoms with E-state index in [4.69, 9.17) is 4.74 Å². The van der Waals surface area contributed by atoms with Crippen molar-refractivity contribution < 1.29 is 32.3 Å². The van der Waals surface area contributed by atoms with E-state index in [1.807, 2.05) is 12.2 Å². The van der Waals surface area contributed by atoms with E-state index in [9.17, 15) is 27.6 Å². The number of amides is 4. The van der Waals surface area contributed by atoms with Crippen LogP contribution in [0.3, 0.4) is 0 Å². The summed E-state index contributed by atoms with van der Waals surface area (Å²) in [6.45, 7) is 6.28. The van der Waals surface area contributed by atoms with Crippen molar-refractivity contribution in [1.29, 1.82) is 0 Å². The Kier molecular flexibility index (Phi) is 9.67. The van der Waals surface area contributed by atoms with E-state index in [0.29, 0.717) is 45.3 Å². The van der Waals surface area contributed by atoms with Gasteiger partial charge in [0.15, 0.2) is 0 Å². The lowest BCUT2D eigenvalue weighted by Gasteiger charge is -2.31. The van der Waals surface area contributed by atoms with Gasteiger partial charge in [-0.1, -0.05) is 31.4 Å². The minimum atomic E-state index is -4.04. The summed E-state index contributed by atoms with van der Waals surface area (Å²) in [5.41, 5.74) is -2.13. The largest absolute Gasteiger partial charge is 0.444 e. The van der Waals surface area contributed by atoms with Crippen molar-refractivity contribution in [2.75, 3.05) is 19.6 Å². The summed E-state index contributed by atoms with van der Waals surface area (Å²) in [6.07, 6.45) is 10.4. The van der Waals surface area contributed by atoms with Crippen LogP contribution in [0.4, 0.5) is 4.79 Å². The van der Waals surface area contributed by atoms with Crippen molar-refractivity contribution in [3.05, 3.63) is 12.2 Å². The summed E-state index contributed by atoms with van der Waals surface area (Å²) in [5.74, 6) is -1.96. The van der Waals surface area contributed by atoms with Crippen molar-refractivity contribution in [2.45, 2.75) is 115 Å². The summed E-state index contributed by atoms with van der Waals surface area (Å²) in [5, 5.41) is 5.56. The van der Waals surface area contributed by atoms with Crippen LogP contribution in [-0.2, 0) is 29.3 Å². The lowest BCUT2D eigenvalue weighted by atomic mass is 10.0. The molecule has 41 heavy (non-hydrogen) atoms. The first kappa shape index (κ1) is 31.3. The monoisotopic (exact) mass is 595 g/mol. The number of fused-ring (bicyclic) bond motifs is 2. The fourth-order valence-corrected chi connectivity index (χ4v) is 7.21. The number of rotatable bonds is 4. The molecule has 13 heteroatoms. The molecule has 0 aromatic rings. The Labute approximate surface area is 243 Å². The van der Waals surface area contributed by atoms with Gasteiger partial charge < -0.3 is 20.3 Å². The highest BCUT2D eigenvalue weighted by Crippen LogP contribution is 2.45. The third-order valence-corrected chi connectivity index (χ3v) is 9.69. The van der Waals surface area contributed by atoms with Gasteiger partial charge in [0.2, 0.25) is 11.8 Å². The molecule has 0 radical (unpaired) electrons. The van der Waals surface area contributed by atoms with Crippen molar-refractivity contribution in [1.82, 2.24) is 24.6 Å². The van der Waals surface area contributed by atoms with E-state index in [0.717, 1.165) is 38.5 Å². The van der Waals surface area contributed by atoms with Gasteiger partial charge in [-0.3, -0.25) is 14.4 Å². The number of hydrogen-bond donors (Lipinski definition) is 3. The normalized spacial score (nSPS) is 31.0. The van der Waals surface area contributed by atoms with Crippen LogP contribution in [0, 0.1) is 5.92 Å².